The minimum absolute atomic E-state index is 0.00845. The van der Waals surface area contributed by atoms with E-state index in [1.165, 1.54) is 0 Å². The molecule has 2 heterocycles. The lowest BCUT2D eigenvalue weighted by Crippen LogP contribution is -2.58. The van der Waals surface area contributed by atoms with Crippen molar-refractivity contribution in [1.29, 1.82) is 0 Å². The van der Waals surface area contributed by atoms with E-state index < -0.39 is 11.0 Å². The Bertz CT molecular complexity index is 786. The lowest BCUT2D eigenvalue weighted by molar-refractivity contribution is -0.197. The summed E-state index contributed by atoms with van der Waals surface area (Å²) < 4.78 is 10.7. The number of aromatic nitrogens is 2. The van der Waals surface area contributed by atoms with E-state index in [2.05, 4.69) is 10.1 Å². The summed E-state index contributed by atoms with van der Waals surface area (Å²) in [7, 11) is 0. The van der Waals surface area contributed by atoms with E-state index in [9.17, 15) is 9.90 Å². The van der Waals surface area contributed by atoms with Crippen LogP contribution < -0.4 is 0 Å². The summed E-state index contributed by atoms with van der Waals surface area (Å²) in [5.74, 6) is 1.50. The van der Waals surface area contributed by atoms with Crippen molar-refractivity contribution in [3.8, 4) is 11.4 Å². The molecule has 4 aliphatic carbocycles. The maximum atomic E-state index is 12.8. The number of thiophene rings is 1. The average Bonchev–Trinajstić information content (AvgIpc) is 3.21. The third kappa shape index (κ3) is 2.60. The zero-order valence-electron chi connectivity index (χ0n) is 13.8. The van der Waals surface area contributed by atoms with Crippen LogP contribution in [0.2, 0.25) is 0 Å². The second-order valence-corrected chi connectivity index (χ2v) is 8.85. The van der Waals surface area contributed by atoms with Gasteiger partial charge in [0.15, 0.2) is 6.61 Å². The molecule has 2 aromatic heterocycles. The van der Waals surface area contributed by atoms with Crippen LogP contribution in [-0.4, -0.2) is 26.8 Å². The van der Waals surface area contributed by atoms with E-state index >= 15 is 0 Å². The lowest BCUT2D eigenvalue weighted by Gasteiger charge is -2.58. The normalized spacial score (nSPS) is 35.9. The van der Waals surface area contributed by atoms with Gasteiger partial charge in [-0.2, -0.15) is 16.3 Å². The maximum Gasteiger partial charge on any atom is 0.312 e. The van der Waals surface area contributed by atoms with Gasteiger partial charge in [-0.1, -0.05) is 5.16 Å². The molecule has 4 saturated carbocycles. The summed E-state index contributed by atoms with van der Waals surface area (Å²) >= 11 is 1.56. The molecule has 4 fully saturated rings. The van der Waals surface area contributed by atoms with Gasteiger partial charge in [-0.15, -0.1) is 0 Å². The van der Waals surface area contributed by atoms with Crippen LogP contribution in [0.4, 0.5) is 0 Å². The standard InChI is InChI=1S/C18H20N2O4S/c21-16(17-4-11-3-12(5-17)7-18(22,6-11)10-17)23-8-14-19-15(20-24-14)13-1-2-25-9-13/h1-2,9,11-12,22H,3-8,10H2/t11-,12+,17?,18?. The van der Waals surface area contributed by atoms with Gasteiger partial charge in [0.25, 0.3) is 5.89 Å². The van der Waals surface area contributed by atoms with Crippen molar-refractivity contribution in [3.63, 3.8) is 0 Å². The number of carbonyl (C=O) groups excluding carboxylic acids is 1. The first-order valence-corrected chi connectivity index (χ1v) is 9.73. The number of hydrogen-bond acceptors (Lipinski definition) is 7. The highest BCUT2D eigenvalue weighted by Crippen LogP contribution is 2.62. The monoisotopic (exact) mass is 360 g/mol. The Kier molecular flexibility index (Phi) is 3.34. The van der Waals surface area contributed by atoms with E-state index in [0.717, 1.165) is 37.7 Å². The van der Waals surface area contributed by atoms with Crippen LogP contribution in [-0.2, 0) is 16.1 Å². The molecule has 6 nitrogen and oxygen atoms in total. The number of esters is 1. The Morgan fingerprint density at radius 2 is 2.16 bits per heavy atom. The number of nitrogens with zero attached hydrogens (tertiary/aromatic N) is 2. The topological polar surface area (TPSA) is 85.5 Å². The summed E-state index contributed by atoms with van der Waals surface area (Å²) in [6.45, 7) is -0.00845. The first-order chi connectivity index (χ1) is 12.0. The molecular weight excluding hydrogens is 340 g/mol. The molecule has 2 unspecified atom stereocenters. The van der Waals surface area contributed by atoms with Gasteiger partial charge in [-0.05, 0) is 61.8 Å². The second kappa shape index (κ2) is 5.38. The smallest absolute Gasteiger partial charge is 0.312 e. The summed E-state index contributed by atoms with van der Waals surface area (Å²) in [4.78, 5) is 17.1. The summed E-state index contributed by atoms with van der Waals surface area (Å²) in [6.07, 6.45) is 5.04. The van der Waals surface area contributed by atoms with Crippen LogP contribution in [0.15, 0.2) is 21.3 Å². The second-order valence-electron chi connectivity index (χ2n) is 8.07. The first-order valence-electron chi connectivity index (χ1n) is 8.78. The van der Waals surface area contributed by atoms with E-state index in [1.807, 2.05) is 16.8 Å². The third-order valence-corrected chi connectivity index (χ3v) is 6.72. The molecule has 1 N–H and O–H groups in total. The Balaban J connectivity index is 1.28. The van der Waals surface area contributed by atoms with Crippen LogP contribution >= 0.6 is 11.3 Å². The van der Waals surface area contributed by atoms with Crippen LogP contribution in [0.1, 0.15) is 44.4 Å². The number of carbonyl (C=O) groups is 1. The molecule has 25 heavy (non-hydrogen) atoms. The van der Waals surface area contributed by atoms with Gasteiger partial charge in [0.1, 0.15) is 0 Å². The maximum absolute atomic E-state index is 12.8. The highest BCUT2D eigenvalue weighted by Gasteiger charge is 2.60. The van der Waals surface area contributed by atoms with Gasteiger partial charge >= 0.3 is 5.97 Å². The first kappa shape index (κ1) is 15.5. The van der Waals surface area contributed by atoms with Gasteiger partial charge < -0.3 is 14.4 Å². The van der Waals surface area contributed by atoms with E-state index in [0.29, 0.717) is 30.0 Å². The fraction of sp³-hybridized carbons (Fsp3) is 0.611. The molecule has 0 aliphatic heterocycles. The highest BCUT2D eigenvalue weighted by molar-refractivity contribution is 7.08. The molecule has 4 atom stereocenters. The fourth-order valence-electron chi connectivity index (χ4n) is 5.56. The summed E-state index contributed by atoms with van der Waals surface area (Å²) in [6, 6.07) is 1.92. The largest absolute Gasteiger partial charge is 0.455 e. The van der Waals surface area contributed by atoms with Gasteiger partial charge in [0.05, 0.1) is 11.0 Å². The van der Waals surface area contributed by atoms with Crippen LogP contribution in [0, 0.1) is 17.3 Å². The highest BCUT2D eigenvalue weighted by atomic mass is 32.1. The Morgan fingerprint density at radius 1 is 1.36 bits per heavy atom. The fourth-order valence-corrected chi connectivity index (χ4v) is 6.19. The molecule has 0 spiro atoms. The van der Waals surface area contributed by atoms with Gasteiger partial charge in [0.2, 0.25) is 5.82 Å². The van der Waals surface area contributed by atoms with E-state index in [-0.39, 0.29) is 12.6 Å². The van der Waals surface area contributed by atoms with Crippen molar-refractivity contribution in [2.24, 2.45) is 17.3 Å². The molecule has 4 bridgehead atoms. The number of rotatable bonds is 4. The number of ether oxygens (including phenoxy) is 1. The minimum atomic E-state index is -0.667. The molecule has 0 saturated heterocycles. The predicted octanol–water partition coefficient (Wildman–Crippen LogP) is 3.17. The van der Waals surface area contributed by atoms with Crippen molar-refractivity contribution in [3.05, 3.63) is 22.7 Å². The van der Waals surface area contributed by atoms with E-state index in [1.54, 1.807) is 11.3 Å². The summed E-state index contributed by atoms with van der Waals surface area (Å²) in [5, 5.41) is 18.6. The molecule has 2 aromatic rings. The molecule has 4 aliphatic rings. The molecule has 0 radical (unpaired) electrons. The van der Waals surface area contributed by atoms with Gasteiger partial charge in [0, 0.05) is 10.9 Å². The molecule has 7 heteroatoms. The van der Waals surface area contributed by atoms with Crippen molar-refractivity contribution in [2.45, 2.75) is 50.7 Å². The molecule has 0 amide bonds. The average molecular weight is 360 g/mol. The lowest BCUT2D eigenvalue weighted by atomic mass is 9.48. The zero-order valence-corrected chi connectivity index (χ0v) is 14.6. The van der Waals surface area contributed by atoms with Crippen molar-refractivity contribution >= 4 is 17.3 Å². The van der Waals surface area contributed by atoms with Crippen molar-refractivity contribution in [2.75, 3.05) is 0 Å². The predicted molar refractivity (Wildman–Crippen MR) is 89.5 cm³/mol. The van der Waals surface area contributed by atoms with Crippen LogP contribution in [0.3, 0.4) is 0 Å². The van der Waals surface area contributed by atoms with Crippen molar-refractivity contribution < 1.29 is 19.2 Å². The molecule has 6 rings (SSSR count). The van der Waals surface area contributed by atoms with Crippen molar-refractivity contribution in [1.82, 2.24) is 10.1 Å². The van der Waals surface area contributed by atoms with Crippen LogP contribution in [0.5, 0.6) is 0 Å². The third-order valence-electron chi connectivity index (χ3n) is 6.04. The number of aliphatic hydroxyl groups is 1. The Hall–Kier alpha value is -1.73. The molecule has 0 aromatic carbocycles. The Morgan fingerprint density at radius 3 is 2.84 bits per heavy atom. The van der Waals surface area contributed by atoms with Crippen LogP contribution in [0.25, 0.3) is 11.4 Å². The SMILES string of the molecule is O=C(OCc1nc(-c2ccsc2)no1)C12C[C@@H]3C[C@@H](CC(O)(C3)C1)C2. The van der Waals surface area contributed by atoms with E-state index in [4.69, 9.17) is 9.26 Å². The summed E-state index contributed by atoms with van der Waals surface area (Å²) in [5.41, 5.74) is -0.288. The molecular formula is C18H20N2O4S. The van der Waals surface area contributed by atoms with Gasteiger partial charge in [-0.3, -0.25) is 4.79 Å². The minimum Gasteiger partial charge on any atom is -0.455 e. The molecule has 132 valence electrons. The Labute approximate surface area is 149 Å². The number of hydrogen-bond donors (Lipinski definition) is 1. The zero-order chi connectivity index (χ0) is 17.1. The van der Waals surface area contributed by atoms with Gasteiger partial charge in [-0.25, -0.2) is 0 Å². The quantitative estimate of drug-likeness (QED) is 0.843.